The third-order valence-electron chi connectivity index (χ3n) is 1.05. The Morgan fingerprint density at radius 3 is 2.88 bits per heavy atom. The molecule has 0 unspecified atom stereocenters. The predicted octanol–water partition coefficient (Wildman–Crippen LogP) is -0.146. The molecule has 8 heavy (non-hydrogen) atoms. The summed E-state index contributed by atoms with van der Waals surface area (Å²) in [7, 11) is 1.94. The Balaban J connectivity index is 2.53. The minimum Gasteiger partial charge on any atom is -0.281 e. The third-order valence-corrected chi connectivity index (χ3v) is 1.05. The monoisotopic (exact) mass is 109 g/mol. The van der Waals surface area contributed by atoms with Gasteiger partial charge in [-0.05, 0) is 7.05 Å². The molecule has 0 saturated heterocycles. The second kappa shape index (κ2) is 1.93. The van der Waals surface area contributed by atoms with Gasteiger partial charge in [0.2, 0.25) is 0 Å². The summed E-state index contributed by atoms with van der Waals surface area (Å²) in [6.45, 7) is 1.40. The first-order valence-corrected chi connectivity index (χ1v) is 2.45. The van der Waals surface area contributed by atoms with E-state index >= 15 is 0 Å². The Bertz CT molecular complexity index is 154. The number of hydrogen-bond acceptors (Lipinski definition) is 3. The van der Waals surface area contributed by atoms with E-state index in [1.165, 1.54) is 0 Å². The van der Waals surface area contributed by atoms with E-state index in [0.29, 0.717) is 12.4 Å². The molecule has 0 spiro atoms. The lowest BCUT2D eigenvalue weighted by Crippen LogP contribution is -2.16. The molecule has 3 heteroatoms. The zero-order valence-electron chi connectivity index (χ0n) is 4.76. The highest BCUT2D eigenvalue weighted by Gasteiger charge is 2.08. The summed E-state index contributed by atoms with van der Waals surface area (Å²) < 4.78 is 0. The van der Waals surface area contributed by atoms with Crippen LogP contribution in [0.2, 0.25) is 0 Å². The van der Waals surface area contributed by atoms with Gasteiger partial charge in [0.1, 0.15) is 11.8 Å². The zero-order valence-corrected chi connectivity index (χ0v) is 4.76. The van der Waals surface area contributed by atoms with Gasteiger partial charge in [-0.2, -0.15) is 5.26 Å². The second-order valence-corrected chi connectivity index (χ2v) is 1.87. The largest absolute Gasteiger partial charge is 0.281 e. The van der Waals surface area contributed by atoms with E-state index in [1.54, 1.807) is 0 Å². The van der Waals surface area contributed by atoms with Crippen LogP contribution in [0.15, 0.2) is 4.99 Å². The molecule has 3 nitrogen and oxygen atoms in total. The Morgan fingerprint density at radius 1 is 1.88 bits per heavy atom. The first kappa shape index (κ1) is 5.26. The van der Waals surface area contributed by atoms with Crippen molar-refractivity contribution in [3.63, 3.8) is 0 Å². The quantitative estimate of drug-likeness (QED) is 0.434. The zero-order chi connectivity index (χ0) is 5.98. The van der Waals surface area contributed by atoms with E-state index < -0.39 is 0 Å². The van der Waals surface area contributed by atoms with E-state index in [9.17, 15) is 0 Å². The summed E-state index contributed by atoms with van der Waals surface area (Å²) in [5, 5.41) is 8.28. The lowest BCUT2D eigenvalue weighted by Gasteiger charge is -2.00. The number of nitriles is 1. The van der Waals surface area contributed by atoms with Crippen LogP contribution in [0.4, 0.5) is 0 Å². The minimum absolute atomic E-state index is 0.646. The molecule has 0 aromatic rings. The van der Waals surface area contributed by atoms with Crippen LogP contribution in [-0.4, -0.2) is 30.9 Å². The Labute approximate surface area is 48.2 Å². The number of aliphatic imine (C=N–C) groups is 1. The first-order valence-electron chi connectivity index (χ1n) is 2.45. The van der Waals surface area contributed by atoms with Crippen molar-refractivity contribution in [2.75, 3.05) is 20.3 Å². The second-order valence-electron chi connectivity index (χ2n) is 1.87. The standard InChI is InChI=1S/C5H7N3/c1-8-3-5(2-6)7-4-8/h3-4H2,1H3. The minimum atomic E-state index is 0.646. The van der Waals surface area contributed by atoms with Gasteiger partial charge in [-0.15, -0.1) is 0 Å². The van der Waals surface area contributed by atoms with Crippen LogP contribution in [0.5, 0.6) is 0 Å². The molecular weight excluding hydrogens is 102 g/mol. The van der Waals surface area contributed by atoms with E-state index in [0.717, 1.165) is 6.54 Å². The van der Waals surface area contributed by atoms with Gasteiger partial charge in [0, 0.05) is 0 Å². The van der Waals surface area contributed by atoms with Crippen molar-refractivity contribution in [3.8, 4) is 6.07 Å². The molecule has 0 aliphatic carbocycles. The summed E-state index contributed by atoms with van der Waals surface area (Å²) in [4.78, 5) is 5.90. The molecule has 0 aromatic heterocycles. The van der Waals surface area contributed by atoms with Gasteiger partial charge >= 0.3 is 0 Å². The maximum absolute atomic E-state index is 8.28. The molecule has 0 fully saturated rings. The SMILES string of the molecule is CN1CN=C(C#N)C1. The normalized spacial score (nSPS) is 20.2. The Morgan fingerprint density at radius 2 is 2.62 bits per heavy atom. The number of hydrogen-bond donors (Lipinski definition) is 0. The lowest BCUT2D eigenvalue weighted by atomic mass is 10.4. The molecule has 0 atom stereocenters. The third kappa shape index (κ3) is 0.849. The maximum atomic E-state index is 8.28. The highest BCUT2D eigenvalue weighted by Crippen LogP contribution is 1.94. The van der Waals surface area contributed by atoms with E-state index in [1.807, 2.05) is 18.0 Å². The van der Waals surface area contributed by atoms with Crippen molar-refractivity contribution in [1.82, 2.24) is 4.90 Å². The highest BCUT2D eigenvalue weighted by molar-refractivity contribution is 6.00. The number of nitrogens with zero attached hydrogens (tertiary/aromatic N) is 3. The van der Waals surface area contributed by atoms with Gasteiger partial charge in [-0.25, -0.2) is 0 Å². The molecule has 0 aromatic carbocycles. The van der Waals surface area contributed by atoms with Crippen molar-refractivity contribution < 1.29 is 0 Å². The van der Waals surface area contributed by atoms with Gasteiger partial charge in [0.25, 0.3) is 0 Å². The van der Waals surface area contributed by atoms with Gasteiger partial charge in [-0.1, -0.05) is 0 Å². The molecule has 0 amide bonds. The smallest absolute Gasteiger partial charge is 0.127 e. The van der Waals surface area contributed by atoms with E-state index in [4.69, 9.17) is 5.26 Å². The summed E-state index contributed by atoms with van der Waals surface area (Å²) >= 11 is 0. The van der Waals surface area contributed by atoms with Crippen LogP contribution in [0, 0.1) is 11.3 Å². The molecule has 0 bridgehead atoms. The van der Waals surface area contributed by atoms with E-state index in [2.05, 4.69) is 4.99 Å². The van der Waals surface area contributed by atoms with Crippen LogP contribution in [-0.2, 0) is 0 Å². The van der Waals surface area contributed by atoms with Crippen LogP contribution in [0.1, 0.15) is 0 Å². The summed E-state index contributed by atoms with van der Waals surface area (Å²) in [6.07, 6.45) is 0. The first-order chi connectivity index (χ1) is 3.83. The van der Waals surface area contributed by atoms with Crippen molar-refractivity contribution >= 4 is 5.71 Å². The van der Waals surface area contributed by atoms with Crippen molar-refractivity contribution in [1.29, 1.82) is 5.26 Å². The van der Waals surface area contributed by atoms with Crippen LogP contribution < -0.4 is 0 Å². The molecule has 42 valence electrons. The van der Waals surface area contributed by atoms with Crippen molar-refractivity contribution in [2.45, 2.75) is 0 Å². The summed E-state index contributed by atoms with van der Waals surface area (Å²) in [5.74, 6) is 0. The highest BCUT2D eigenvalue weighted by atomic mass is 15.2. The van der Waals surface area contributed by atoms with Crippen LogP contribution in [0.25, 0.3) is 0 Å². The number of rotatable bonds is 0. The van der Waals surface area contributed by atoms with E-state index in [-0.39, 0.29) is 0 Å². The van der Waals surface area contributed by atoms with Gasteiger partial charge in [0.15, 0.2) is 0 Å². The molecule has 0 N–H and O–H groups in total. The molecular formula is C5H7N3. The van der Waals surface area contributed by atoms with Gasteiger partial charge in [-0.3, -0.25) is 9.89 Å². The fourth-order valence-corrected chi connectivity index (χ4v) is 0.632. The fourth-order valence-electron chi connectivity index (χ4n) is 0.632. The summed E-state index contributed by atoms with van der Waals surface area (Å²) in [5.41, 5.74) is 0.646. The topological polar surface area (TPSA) is 39.4 Å². The predicted molar refractivity (Wildman–Crippen MR) is 30.5 cm³/mol. The van der Waals surface area contributed by atoms with Gasteiger partial charge < -0.3 is 0 Å². The van der Waals surface area contributed by atoms with Crippen LogP contribution in [0.3, 0.4) is 0 Å². The van der Waals surface area contributed by atoms with Crippen molar-refractivity contribution in [2.24, 2.45) is 4.99 Å². The average molecular weight is 109 g/mol. The molecule has 1 aliphatic heterocycles. The summed E-state index contributed by atoms with van der Waals surface area (Å²) in [6, 6.07) is 2.00. The average Bonchev–Trinajstić information content (AvgIpc) is 2.14. The maximum Gasteiger partial charge on any atom is 0.127 e. The Kier molecular flexibility index (Phi) is 1.27. The molecule has 1 aliphatic rings. The molecule has 1 heterocycles. The molecule has 1 rings (SSSR count). The Hall–Kier alpha value is -0.880. The molecule has 0 saturated carbocycles. The van der Waals surface area contributed by atoms with Crippen LogP contribution >= 0.6 is 0 Å². The lowest BCUT2D eigenvalue weighted by molar-refractivity contribution is 0.421. The molecule has 0 radical (unpaired) electrons. The fraction of sp³-hybridized carbons (Fsp3) is 0.600. The van der Waals surface area contributed by atoms with Gasteiger partial charge in [0.05, 0.1) is 13.2 Å². The van der Waals surface area contributed by atoms with Crippen molar-refractivity contribution in [3.05, 3.63) is 0 Å².